The number of carbonyl (C=O) groups is 2. The average molecular weight is 412 g/mol. The molecule has 2 aromatic rings. The molecule has 0 bridgehead atoms. The molecule has 30 heavy (non-hydrogen) atoms. The predicted octanol–water partition coefficient (Wildman–Crippen LogP) is 4.33. The molecule has 1 unspecified atom stereocenters. The van der Waals surface area contributed by atoms with Gasteiger partial charge in [-0.3, -0.25) is 4.79 Å². The summed E-state index contributed by atoms with van der Waals surface area (Å²) in [4.78, 5) is 22.6. The first-order chi connectivity index (χ1) is 14.0. The molecule has 3 N–H and O–H groups in total. The smallest absolute Gasteiger partial charge is 0.335 e. The lowest BCUT2D eigenvalue weighted by atomic mass is 9.84. The highest BCUT2D eigenvalue weighted by Gasteiger charge is 2.21. The van der Waals surface area contributed by atoms with Crippen molar-refractivity contribution in [1.29, 1.82) is 0 Å². The van der Waals surface area contributed by atoms with Crippen molar-refractivity contribution in [2.45, 2.75) is 46.1 Å². The van der Waals surface area contributed by atoms with E-state index in [1.165, 1.54) is 12.1 Å². The third kappa shape index (κ3) is 5.83. The van der Waals surface area contributed by atoms with Gasteiger partial charge in [-0.25, -0.2) is 4.79 Å². The second-order valence-electron chi connectivity index (χ2n) is 8.15. The Labute approximate surface area is 176 Å². The zero-order chi connectivity index (χ0) is 22.5. The van der Waals surface area contributed by atoms with Gasteiger partial charge < -0.3 is 20.4 Å². The molecular weight excluding hydrogens is 384 g/mol. The third-order valence-electron chi connectivity index (χ3n) is 4.74. The van der Waals surface area contributed by atoms with Gasteiger partial charge in [-0.05, 0) is 61.2 Å². The van der Waals surface area contributed by atoms with E-state index in [1.54, 1.807) is 25.1 Å². The lowest BCUT2D eigenvalue weighted by molar-refractivity contribution is -0.117. The summed E-state index contributed by atoms with van der Waals surface area (Å²) in [6, 6.07) is 11.3. The number of hydrogen-bond donors (Lipinski definition) is 3. The van der Waals surface area contributed by atoms with E-state index < -0.39 is 5.97 Å². The van der Waals surface area contributed by atoms with Crippen LogP contribution >= 0.6 is 0 Å². The number of hydrogen-bond acceptors (Lipinski definition) is 6. The highest BCUT2D eigenvalue weighted by Crippen LogP contribution is 2.31. The van der Waals surface area contributed by atoms with Crippen LogP contribution in [0.25, 0.3) is 0 Å². The number of aromatic carboxylic acids is 1. The number of nitrogens with zero attached hydrogens (tertiary/aromatic N) is 1. The minimum absolute atomic E-state index is 0.00310. The number of carboxylic acids is 1. The standard InChI is InChI=1S/C23H28N2O5/c1-14(15(2)26)24-20-11-8-17(12-19(20)23(3,4)5)21(25-29)13-30-18-9-6-16(7-10-18)22(27)28/h6-12,14,24,29H,13H2,1-5H3,(H,27,28). The van der Waals surface area contributed by atoms with Crippen molar-refractivity contribution in [3.63, 3.8) is 0 Å². The van der Waals surface area contributed by atoms with E-state index in [1.807, 2.05) is 19.1 Å². The molecule has 0 amide bonds. The number of nitrogens with one attached hydrogen (secondary N) is 1. The zero-order valence-electron chi connectivity index (χ0n) is 17.9. The molecule has 0 saturated heterocycles. The van der Waals surface area contributed by atoms with Crippen molar-refractivity contribution in [2.75, 3.05) is 11.9 Å². The molecule has 7 heteroatoms. The third-order valence-corrected chi connectivity index (χ3v) is 4.74. The quantitative estimate of drug-likeness (QED) is 0.338. The Kier molecular flexibility index (Phi) is 7.21. The van der Waals surface area contributed by atoms with Gasteiger partial charge in [0.1, 0.15) is 18.1 Å². The van der Waals surface area contributed by atoms with Gasteiger partial charge in [-0.2, -0.15) is 0 Å². The van der Waals surface area contributed by atoms with Crippen molar-refractivity contribution in [2.24, 2.45) is 5.16 Å². The van der Waals surface area contributed by atoms with Gasteiger partial charge in [0, 0.05) is 11.3 Å². The van der Waals surface area contributed by atoms with Crippen LogP contribution in [-0.2, 0) is 10.2 Å². The molecule has 0 fully saturated rings. The van der Waals surface area contributed by atoms with Crippen LogP contribution in [0.1, 0.15) is 56.1 Å². The van der Waals surface area contributed by atoms with Crippen LogP contribution in [0.5, 0.6) is 5.75 Å². The average Bonchev–Trinajstić information content (AvgIpc) is 2.68. The van der Waals surface area contributed by atoms with Gasteiger partial charge >= 0.3 is 5.97 Å². The number of benzene rings is 2. The van der Waals surface area contributed by atoms with E-state index in [-0.39, 0.29) is 29.4 Å². The number of carbonyl (C=O) groups excluding carboxylic acids is 1. The summed E-state index contributed by atoms with van der Waals surface area (Å²) in [5, 5.41) is 25.1. The van der Waals surface area contributed by atoms with Crippen molar-refractivity contribution >= 4 is 23.2 Å². The number of carboxylic acid groups (broad SMARTS) is 1. The van der Waals surface area contributed by atoms with Crippen LogP contribution in [0, 0.1) is 0 Å². The molecule has 0 aliphatic rings. The van der Waals surface area contributed by atoms with Crippen LogP contribution in [0.2, 0.25) is 0 Å². The highest BCUT2D eigenvalue weighted by atomic mass is 16.5. The van der Waals surface area contributed by atoms with Gasteiger partial charge in [-0.1, -0.05) is 32.0 Å². The molecule has 160 valence electrons. The van der Waals surface area contributed by atoms with Gasteiger partial charge in [0.25, 0.3) is 0 Å². The van der Waals surface area contributed by atoms with Gasteiger partial charge in [0.2, 0.25) is 0 Å². The lowest BCUT2D eigenvalue weighted by Gasteiger charge is -2.26. The Morgan fingerprint density at radius 3 is 2.20 bits per heavy atom. The van der Waals surface area contributed by atoms with E-state index in [4.69, 9.17) is 9.84 Å². The van der Waals surface area contributed by atoms with Crippen LogP contribution in [0.15, 0.2) is 47.6 Å². The summed E-state index contributed by atoms with van der Waals surface area (Å²) in [5.41, 5.74) is 2.77. The Morgan fingerprint density at radius 1 is 1.10 bits per heavy atom. The molecule has 2 rings (SSSR count). The predicted molar refractivity (Wildman–Crippen MR) is 116 cm³/mol. The molecule has 0 radical (unpaired) electrons. The van der Waals surface area contributed by atoms with E-state index in [0.717, 1.165) is 11.3 Å². The fourth-order valence-electron chi connectivity index (χ4n) is 2.82. The van der Waals surface area contributed by atoms with Crippen molar-refractivity contribution in [3.8, 4) is 5.75 Å². The first kappa shape index (κ1) is 22.9. The first-order valence-corrected chi connectivity index (χ1v) is 9.62. The fraction of sp³-hybridized carbons (Fsp3) is 0.348. The van der Waals surface area contributed by atoms with Crippen molar-refractivity contribution in [3.05, 3.63) is 59.2 Å². The summed E-state index contributed by atoms with van der Waals surface area (Å²) in [5.74, 6) is -0.508. The molecule has 2 aromatic carbocycles. The Bertz CT molecular complexity index is 943. The molecular formula is C23H28N2O5. The Morgan fingerprint density at radius 2 is 1.70 bits per heavy atom. The summed E-state index contributed by atoms with van der Waals surface area (Å²) in [7, 11) is 0. The molecule has 0 aliphatic heterocycles. The molecule has 1 atom stereocenters. The molecule has 0 aromatic heterocycles. The monoisotopic (exact) mass is 412 g/mol. The highest BCUT2D eigenvalue weighted by molar-refractivity contribution is 6.02. The van der Waals surface area contributed by atoms with E-state index in [9.17, 15) is 14.8 Å². The molecule has 7 nitrogen and oxygen atoms in total. The van der Waals surface area contributed by atoms with E-state index in [0.29, 0.717) is 17.0 Å². The van der Waals surface area contributed by atoms with Gasteiger partial charge in [-0.15, -0.1) is 0 Å². The van der Waals surface area contributed by atoms with Crippen LogP contribution in [0.4, 0.5) is 5.69 Å². The van der Waals surface area contributed by atoms with Crippen molar-refractivity contribution < 1.29 is 24.6 Å². The maximum absolute atomic E-state index is 11.6. The van der Waals surface area contributed by atoms with Gasteiger partial charge in [0.05, 0.1) is 11.6 Å². The summed E-state index contributed by atoms with van der Waals surface area (Å²) < 4.78 is 5.66. The van der Waals surface area contributed by atoms with Crippen LogP contribution in [-0.4, -0.2) is 40.4 Å². The summed E-state index contributed by atoms with van der Waals surface area (Å²) in [6.07, 6.45) is 0. The Balaban J connectivity index is 2.25. The number of rotatable bonds is 8. The molecule has 0 spiro atoms. The van der Waals surface area contributed by atoms with Gasteiger partial charge in [0.15, 0.2) is 5.78 Å². The second kappa shape index (κ2) is 9.43. The normalized spacial score (nSPS) is 12.9. The fourth-order valence-corrected chi connectivity index (χ4v) is 2.82. The van der Waals surface area contributed by atoms with Crippen molar-refractivity contribution in [1.82, 2.24) is 0 Å². The number of ether oxygens (including phenoxy) is 1. The summed E-state index contributed by atoms with van der Waals surface area (Å²) in [6.45, 7) is 9.54. The van der Waals surface area contributed by atoms with E-state index in [2.05, 4.69) is 31.2 Å². The summed E-state index contributed by atoms with van der Waals surface area (Å²) >= 11 is 0. The lowest BCUT2D eigenvalue weighted by Crippen LogP contribution is -2.26. The SMILES string of the molecule is CC(=O)C(C)Nc1ccc(C(COc2ccc(C(=O)O)cc2)=NO)cc1C(C)(C)C. The largest absolute Gasteiger partial charge is 0.487 e. The van der Waals surface area contributed by atoms with E-state index >= 15 is 0 Å². The number of ketones is 1. The second-order valence-corrected chi connectivity index (χ2v) is 8.15. The number of Topliss-reactive ketones (excluding diaryl/α,β-unsaturated/α-hetero) is 1. The maximum atomic E-state index is 11.6. The molecule has 0 saturated carbocycles. The van der Waals surface area contributed by atoms with Crippen LogP contribution < -0.4 is 10.1 Å². The topological polar surface area (TPSA) is 108 Å². The minimum atomic E-state index is -1.01. The number of anilines is 1. The Hall–Kier alpha value is -3.35. The first-order valence-electron chi connectivity index (χ1n) is 9.62. The van der Waals surface area contributed by atoms with Crippen LogP contribution in [0.3, 0.4) is 0 Å². The molecule has 0 heterocycles. The minimum Gasteiger partial charge on any atom is -0.487 e. The molecule has 0 aliphatic carbocycles. The number of oxime groups is 1. The maximum Gasteiger partial charge on any atom is 0.335 e. The zero-order valence-corrected chi connectivity index (χ0v) is 17.9.